The zero-order valence-corrected chi connectivity index (χ0v) is 7.67. The molecule has 0 aromatic carbocycles. The van der Waals surface area contributed by atoms with Crippen molar-refractivity contribution in [2.75, 3.05) is 5.88 Å². The van der Waals surface area contributed by atoms with E-state index in [4.69, 9.17) is 11.6 Å². The van der Waals surface area contributed by atoms with Crippen LogP contribution >= 0.6 is 11.6 Å². The van der Waals surface area contributed by atoms with E-state index in [0.717, 1.165) is 6.42 Å². The van der Waals surface area contributed by atoms with E-state index in [1.165, 1.54) is 5.69 Å². The quantitative estimate of drug-likeness (QED) is 0.640. The molecular formula is C8H13ClN2. The van der Waals surface area contributed by atoms with Gasteiger partial charge in [0.2, 0.25) is 0 Å². The van der Waals surface area contributed by atoms with Gasteiger partial charge in [0.15, 0.2) is 0 Å². The fourth-order valence-corrected chi connectivity index (χ4v) is 1.30. The zero-order valence-electron chi connectivity index (χ0n) is 6.92. The minimum absolute atomic E-state index is 0.434. The van der Waals surface area contributed by atoms with Crippen molar-refractivity contribution in [2.45, 2.75) is 26.3 Å². The maximum absolute atomic E-state index is 5.63. The van der Waals surface area contributed by atoms with Crippen LogP contribution < -0.4 is 0 Å². The second-order valence-corrected chi connectivity index (χ2v) is 3.18. The Hall–Kier alpha value is -0.500. The van der Waals surface area contributed by atoms with Crippen LogP contribution in [0.3, 0.4) is 0 Å². The fourth-order valence-electron chi connectivity index (χ4n) is 1.10. The molecule has 0 saturated heterocycles. The summed E-state index contributed by atoms with van der Waals surface area (Å²) < 4.78 is 2.00. The van der Waals surface area contributed by atoms with E-state index < -0.39 is 0 Å². The van der Waals surface area contributed by atoms with Crippen molar-refractivity contribution in [3.05, 3.63) is 18.0 Å². The molecule has 0 N–H and O–H groups in total. The van der Waals surface area contributed by atoms with Gasteiger partial charge in [0, 0.05) is 30.2 Å². The van der Waals surface area contributed by atoms with E-state index in [1.54, 1.807) is 0 Å². The van der Waals surface area contributed by atoms with Gasteiger partial charge in [-0.25, -0.2) is 0 Å². The van der Waals surface area contributed by atoms with Crippen LogP contribution in [0.2, 0.25) is 0 Å². The van der Waals surface area contributed by atoms with Crippen LogP contribution in [-0.2, 0) is 6.42 Å². The Morgan fingerprint density at radius 1 is 1.64 bits per heavy atom. The van der Waals surface area contributed by atoms with Crippen molar-refractivity contribution in [3.63, 3.8) is 0 Å². The summed E-state index contributed by atoms with van der Waals surface area (Å²) in [6, 6.07) is 2.45. The summed E-state index contributed by atoms with van der Waals surface area (Å²) in [6.07, 6.45) is 2.72. The van der Waals surface area contributed by atoms with Crippen molar-refractivity contribution in [2.24, 2.45) is 0 Å². The van der Waals surface area contributed by atoms with E-state index in [1.807, 2.05) is 16.9 Å². The van der Waals surface area contributed by atoms with Crippen LogP contribution in [0.4, 0.5) is 0 Å². The van der Waals surface area contributed by atoms with Crippen LogP contribution in [0.15, 0.2) is 12.3 Å². The van der Waals surface area contributed by atoms with Gasteiger partial charge < -0.3 is 0 Å². The van der Waals surface area contributed by atoms with Crippen LogP contribution in [0.1, 0.15) is 25.6 Å². The smallest absolute Gasteiger partial charge is 0.0492 e. The first kappa shape index (κ1) is 8.60. The second kappa shape index (κ2) is 3.77. The molecule has 0 unspecified atom stereocenters. The molecule has 0 aliphatic carbocycles. The summed E-state index contributed by atoms with van der Waals surface area (Å²) in [5.41, 5.74) is 1.22. The molecule has 0 aliphatic heterocycles. The third-order valence-corrected chi connectivity index (χ3v) is 1.78. The zero-order chi connectivity index (χ0) is 8.27. The highest BCUT2D eigenvalue weighted by Gasteiger charge is 2.03. The molecule has 0 radical (unpaired) electrons. The average molecular weight is 173 g/mol. The molecule has 0 spiro atoms. The Morgan fingerprint density at radius 3 is 2.91 bits per heavy atom. The second-order valence-electron chi connectivity index (χ2n) is 2.80. The highest BCUT2D eigenvalue weighted by molar-refractivity contribution is 6.17. The van der Waals surface area contributed by atoms with Gasteiger partial charge in [-0.2, -0.15) is 5.10 Å². The predicted octanol–water partition coefficient (Wildman–Crippen LogP) is 2.25. The molecule has 1 heterocycles. The van der Waals surface area contributed by atoms with Crippen molar-refractivity contribution < 1.29 is 0 Å². The number of hydrogen-bond donors (Lipinski definition) is 0. The molecule has 1 rings (SSSR count). The number of hydrogen-bond acceptors (Lipinski definition) is 1. The maximum Gasteiger partial charge on any atom is 0.0492 e. The van der Waals surface area contributed by atoms with Crippen molar-refractivity contribution in [3.8, 4) is 0 Å². The Kier molecular flexibility index (Phi) is 2.94. The molecule has 2 nitrogen and oxygen atoms in total. The first-order valence-corrected chi connectivity index (χ1v) is 4.37. The molecular weight excluding hydrogens is 160 g/mol. The lowest BCUT2D eigenvalue weighted by Gasteiger charge is -2.09. The molecule has 1 aromatic heterocycles. The number of nitrogens with zero attached hydrogens (tertiary/aromatic N) is 2. The molecule has 0 atom stereocenters. The summed E-state index contributed by atoms with van der Waals surface area (Å²) in [5.74, 6) is 0.665. The highest BCUT2D eigenvalue weighted by atomic mass is 35.5. The SMILES string of the molecule is CC(C)n1nccc1CCCl. The number of rotatable bonds is 3. The molecule has 62 valence electrons. The number of aryl methyl sites for hydroxylation is 1. The van der Waals surface area contributed by atoms with Crippen LogP contribution in [0.5, 0.6) is 0 Å². The first-order chi connectivity index (χ1) is 5.25. The molecule has 0 bridgehead atoms. The maximum atomic E-state index is 5.63. The molecule has 11 heavy (non-hydrogen) atoms. The van der Waals surface area contributed by atoms with Gasteiger partial charge in [-0.15, -0.1) is 11.6 Å². The summed E-state index contributed by atoms with van der Waals surface area (Å²) >= 11 is 5.63. The van der Waals surface area contributed by atoms with E-state index >= 15 is 0 Å². The summed E-state index contributed by atoms with van der Waals surface area (Å²) in [6.45, 7) is 4.23. The highest BCUT2D eigenvalue weighted by Crippen LogP contribution is 2.08. The molecule has 0 fully saturated rings. The van der Waals surface area contributed by atoms with Crippen LogP contribution in [-0.4, -0.2) is 15.7 Å². The third-order valence-electron chi connectivity index (χ3n) is 1.59. The van der Waals surface area contributed by atoms with E-state index in [2.05, 4.69) is 18.9 Å². The summed E-state index contributed by atoms with van der Waals surface area (Å²) in [5, 5.41) is 4.19. The Bertz CT molecular complexity index is 218. The fraction of sp³-hybridized carbons (Fsp3) is 0.625. The van der Waals surface area contributed by atoms with Gasteiger partial charge in [0.05, 0.1) is 0 Å². The predicted molar refractivity (Wildman–Crippen MR) is 47.0 cm³/mol. The van der Waals surface area contributed by atoms with Crippen molar-refractivity contribution in [1.29, 1.82) is 0 Å². The topological polar surface area (TPSA) is 17.8 Å². The van der Waals surface area contributed by atoms with Gasteiger partial charge in [0.25, 0.3) is 0 Å². The number of halogens is 1. The molecule has 1 aromatic rings. The normalized spacial score (nSPS) is 10.9. The first-order valence-electron chi connectivity index (χ1n) is 3.84. The lowest BCUT2D eigenvalue weighted by molar-refractivity contribution is 0.512. The molecule has 0 aliphatic rings. The van der Waals surface area contributed by atoms with E-state index in [0.29, 0.717) is 11.9 Å². The number of aromatic nitrogens is 2. The van der Waals surface area contributed by atoms with Gasteiger partial charge in [-0.1, -0.05) is 0 Å². The van der Waals surface area contributed by atoms with E-state index in [9.17, 15) is 0 Å². The summed E-state index contributed by atoms with van der Waals surface area (Å²) in [7, 11) is 0. The summed E-state index contributed by atoms with van der Waals surface area (Å²) in [4.78, 5) is 0. The van der Waals surface area contributed by atoms with Crippen LogP contribution in [0.25, 0.3) is 0 Å². The van der Waals surface area contributed by atoms with Gasteiger partial charge >= 0.3 is 0 Å². The lowest BCUT2D eigenvalue weighted by atomic mass is 10.3. The molecule has 0 amide bonds. The molecule has 3 heteroatoms. The Balaban J connectivity index is 2.78. The largest absolute Gasteiger partial charge is 0.267 e. The Morgan fingerprint density at radius 2 is 2.36 bits per heavy atom. The number of alkyl halides is 1. The van der Waals surface area contributed by atoms with Gasteiger partial charge in [0.1, 0.15) is 0 Å². The van der Waals surface area contributed by atoms with Crippen LogP contribution in [0, 0.1) is 0 Å². The van der Waals surface area contributed by atoms with Crippen molar-refractivity contribution in [1.82, 2.24) is 9.78 Å². The Labute approximate surface area is 72.2 Å². The van der Waals surface area contributed by atoms with Gasteiger partial charge in [-0.05, 0) is 19.9 Å². The van der Waals surface area contributed by atoms with Gasteiger partial charge in [-0.3, -0.25) is 4.68 Å². The minimum atomic E-state index is 0.434. The monoisotopic (exact) mass is 172 g/mol. The lowest BCUT2D eigenvalue weighted by Crippen LogP contribution is -2.07. The average Bonchev–Trinajstić information content (AvgIpc) is 2.36. The minimum Gasteiger partial charge on any atom is -0.267 e. The standard InChI is InChI=1S/C8H13ClN2/c1-7(2)11-8(3-5-9)4-6-10-11/h4,6-7H,3,5H2,1-2H3. The van der Waals surface area contributed by atoms with E-state index in [-0.39, 0.29) is 0 Å². The van der Waals surface area contributed by atoms with Crippen molar-refractivity contribution >= 4 is 11.6 Å². The third kappa shape index (κ3) is 1.96. The molecule has 0 saturated carbocycles.